The number of hydrogen-bond donors (Lipinski definition) is 3. The molecular weight excluding hydrogens is 415 g/mol. The van der Waals surface area contributed by atoms with Crippen LogP contribution in [-0.2, 0) is 9.59 Å². The summed E-state index contributed by atoms with van der Waals surface area (Å²) in [6.45, 7) is 1.67. The Hall–Kier alpha value is -2.58. The third-order valence-electron chi connectivity index (χ3n) is 5.10. The van der Waals surface area contributed by atoms with Gasteiger partial charge < -0.3 is 21.3 Å². The number of nitrogens with zero attached hydrogens (tertiary/aromatic N) is 3. The van der Waals surface area contributed by atoms with Crippen LogP contribution in [0, 0.1) is 0 Å². The lowest BCUT2D eigenvalue weighted by Gasteiger charge is -2.30. The van der Waals surface area contributed by atoms with Crippen LogP contribution in [0.1, 0.15) is 37.2 Å². The number of nitrogens with two attached hydrogens (primary N) is 1. The molecular formula is C19H20Cl2N6O2. The second-order valence-electron chi connectivity index (χ2n) is 7.14. The van der Waals surface area contributed by atoms with Crippen LogP contribution in [0.25, 0.3) is 0 Å². The number of aromatic nitrogens is 2. The third-order valence-corrected chi connectivity index (χ3v) is 5.67. The molecule has 8 nitrogen and oxygen atoms in total. The number of piperidine rings is 1. The zero-order chi connectivity index (χ0) is 20.5. The Morgan fingerprint density at radius 2 is 1.97 bits per heavy atom. The van der Waals surface area contributed by atoms with Gasteiger partial charge in [0.1, 0.15) is 11.6 Å². The summed E-state index contributed by atoms with van der Waals surface area (Å²) in [5.41, 5.74) is 6.99. The Kier molecular flexibility index (Phi) is 5.47. The molecule has 2 aliphatic rings. The summed E-state index contributed by atoms with van der Waals surface area (Å²) in [6, 6.07) is 4.76. The zero-order valence-corrected chi connectivity index (χ0v) is 17.1. The fourth-order valence-electron chi connectivity index (χ4n) is 3.66. The first-order chi connectivity index (χ1) is 13.9. The third kappa shape index (κ3) is 4.09. The lowest BCUT2D eigenvalue weighted by atomic mass is 9.92. The van der Waals surface area contributed by atoms with Crippen molar-refractivity contribution in [1.82, 2.24) is 9.97 Å². The van der Waals surface area contributed by atoms with Crippen molar-refractivity contribution in [2.45, 2.75) is 31.6 Å². The Morgan fingerprint density at radius 1 is 1.21 bits per heavy atom. The Bertz CT molecular complexity index is 977. The van der Waals surface area contributed by atoms with Gasteiger partial charge in [-0.15, -0.1) is 0 Å². The van der Waals surface area contributed by atoms with Crippen LogP contribution in [-0.4, -0.2) is 34.9 Å². The molecule has 4 rings (SSSR count). The van der Waals surface area contributed by atoms with Gasteiger partial charge in [-0.1, -0.05) is 23.2 Å². The fourth-order valence-corrected chi connectivity index (χ4v) is 3.99. The van der Waals surface area contributed by atoms with Crippen LogP contribution >= 0.6 is 23.2 Å². The minimum atomic E-state index is -0.829. The number of anilines is 4. The van der Waals surface area contributed by atoms with Gasteiger partial charge in [0, 0.05) is 24.5 Å². The summed E-state index contributed by atoms with van der Waals surface area (Å²) in [7, 11) is 0. The van der Waals surface area contributed by atoms with Crippen LogP contribution < -0.4 is 21.3 Å². The van der Waals surface area contributed by atoms with Gasteiger partial charge in [0.15, 0.2) is 0 Å². The lowest BCUT2D eigenvalue weighted by molar-refractivity contribution is -0.123. The smallest absolute Gasteiger partial charge is 0.232 e. The number of amides is 2. The standard InChI is InChI=1S/C19H20Cl2N6O2/c20-10-4-5-12(21)13(8-10)23-18(29)11-9-14(28)24-17-15(11)16(22)25-19(26-17)27-6-2-1-3-7-27/h4-5,8,11H,1-3,6-7,9H2,(H,23,29)(H3,22,24,25,26,28)/t11-/m0/s1. The molecule has 1 aromatic carbocycles. The van der Waals surface area contributed by atoms with Crippen molar-refractivity contribution in [1.29, 1.82) is 0 Å². The predicted octanol–water partition coefficient (Wildman–Crippen LogP) is 3.42. The maximum atomic E-state index is 13.0. The maximum Gasteiger partial charge on any atom is 0.232 e. The van der Waals surface area contributed by atoms with Gasteiger partial charge in [-0.25, -0.2) is 0 Å². The number of nitrogen functional groups attached to an aromatic ring is 1. The highest BCUT2D eigenvalue weighted by Crippen LogP contribution is 2.37. The molecule has 152 valence electrons. The summed E-state index contributed by atoms with van der Waals surface area (Å²) in [6.07, 6.45) is 3.21. The minimum absolute atomic E-state index is 0.0619. The van der Waals surface area contributed by atoms with Gasteiger partial charge in [-0.3, -0.25) is 9.59 Å². The van der Waals surface area contributed by atoms with Gasteiger partial charge in [0.25, 0.3) is 0 Å². The molecule has 0 bridgehead atoms. The minimum Gasteiger partial charge on any atom is -0.383 e. The molecule has 10 heteroatoms. The normalized spacial score (nSPS) is 18.8. The highest BCUT2D eigenvalue weighted by Gasteiger charge is 2.35. The lowest BCUT2D eigenvalue weighted by Crippen LogP contribution is -2.35. The van der Waals surface area contributed by atoms with Crippen molar-refractivity contribution in [3.05, 3.63) is 33.8 Å². The molecule has 4 N–H and O–H groups in total. The van der Waals surface area contributed by atoms with Crippen molar-refractivity contribution in [3.8, 4) is 0 Å². The maximum absolute atomic E-state index is 13.0. The molecule has 1 aromatic heterocycles. The second kappa shape index (κ2) is 8.04. The van der Waals surface area contributed by atoms with E-state index in [-0.39, 0.29) is 24.0 Å². The van der Waals surface area contributed by atoms with E-state index in [1.165, 1.54) is 6.42 Å². The molecule has 2 aromatic rings. The van der Waals surface area contributed by atoms with Gasteiger partial charge in [0.2, 0.25) is 17.8 Å². The average molecular weight is 435 g/mol. The zero-order valence-electron chi connectivity index (χ0n) is 15.5. The number of rotatable bonds is 3. The topological polar surface area (TPSA) is 113 Å². The van der Waals surface area contributed by atoms with E-state index in [4.69, 9.17) is 28.9 Å². The van der Waals surface area contributed by atoms with E-state index in [9.17, 15) is 9.59 Å². The van der Waals surface area contributed by atoms with Crippen LogP contribution in [0.4, 0.5) is 23.3 Å². The van der Waals surface area contributed by atoms with E-state index in [0.717, 1.165) is 25.9 Å². The number of benzene rings is 1. The molecule has 1 atom stereocenters. The van der Waals surface area contributed by atoms with Gasteiger partial charge in [0.05, 0.1) is 22.2 Å². The molecule has 0 saturated carbocycles. The largest absolute Gasteiger partial charge is 0.383 e. The summed E-state index contributed by atoms with van der Waals surface area (Å²) >= 11 is 12.1. The van der Waals surface area contributed by atoms with Crippen molar-refractivity contribution >= 4 is 58.3 Å². The number of halogens is 2. The Balaban J connectivity index is 1.65. The average Bonchev–Trinajstić information content (AvgIpc) is 2.70. The Labute approximate surface area is 177 Å². The summed E-state index contributed by atoms with van der Waals surface area (Å²) in [5, 5.41) is 6.23. The van der Waals surface area contributed by atoms with E-state index in [1.54, 1.807) is 18.2 Å². The number of hydrogen-bond acceptors (Lipinski definition) is 6. The summed E-state index contributed by atoms with van der Waals surface area (Å²) in [5.74, 6) is -0.618. The van der Waals surface area contributed by atoms with Gasteiger partial charge >= 0.3 is 0 Å². The van der Waals surface area contributed by atoms with Crippen molar-refractivity contribution in [3.63, 3.8) is 0 Å². The van der Waals surface area contributed by atoms with E-state index in [0.29, 0.717) is 27.2 Å². The van der Waals surface area contributed by atoms with Crippen LogP contribution in [0.2, 0.25) is 10.0 Å². The van der Waals surface area contributed by atoms with Crippen LogP contribution in [0.3, 0.4) is 0 Å². The molecule has 0 unspecified atom stereocenters. The first kappa shape index (κ1) is 19.7. The van der Waals surface area contributed by atoms with Crippen LogP contribution in [0.5, 0.6) is 0 Å². The van der Waals surface area contributed by atoms with E-state index >= 15 is 0 Å². The molecule has 3 heterocycles. The SMILES string of the molecule is Nc1nc(N2CCCCC2)nc2c1[C@@H](C(=O)Nc1cc(Cl)ccc1Cl)CC(=O)N2. The van der Waals surface area contributed by atoms with Crippen molar-refractivity contribution < 1.29 is 9.59 Å². The molecule has 1 saturated heterocycles. The van der Waals surface area contributed by atoms with Gasteiger partial charge in [-0.05, 0) is 37.5 Å². The van der Waals surface area contributed by atoms with E-state index in [1.807, 2.05) is 4.90 Å². The van der Waals surface area contributed by atoms with Gasteiger partial charge in [-0.2, -0.15) is 9.97 Å². The second-order valence-corrected chi connectivity index (χ2v) is 7.98. The molecule has 0 spiro atoms. The Morgan fingerprint density at radius 3 is 2.72 bits per heavy atom. The molecule has 2 amide bonds. The monoisotopic (exact) mass is 434 g/mol. The number of fused-ring (bicyclic) bond motifs is 1. The molecule has 2 aliphatic heterocycles. The molecule has 29 heavy (non-hydrogen) atoms. The van der Waals surface area contributed by atoms with Crippen molar-refractivity contribution in [2.24, 2.45) is 0 Å². The highest BCUT2D eigenvalue weighted by molar-refractivity contribution is 6.35. The molecule has 0 aliphatic carbocycles. The quantitative estimate of drug-likeness (QED) is 0.681. The first-order valence-electron chi connectivity index (χ1n) is 9.40. The number of carbonyl (C=O) groups excluding carboxylic acids is 2. The van der Waals surface area contributed by atoms with E-state index in [2.05, 4.69) is 20.6 Å². The van der Waals surface area contributed by atoms with Crippen molar-refractivity contribution in [2.75, 3.05) is 34.4 Å². The fraction of sp³-hybridized carbons (Fsp3) is 0.368. The van der Waals surface area contributed by atoms with Crippen LogP contribution in [0.15, 0.2) is 18.2 Å². The summed E-state index contributed by atoms with van der Waals surface area (Å²) in [4.78, 5) is 36.2. The number of nitrogens with one attached hydrogen (secondary N) is 2. The highest BCUT2D eigenvalue weighted by atomic mass is 35.5. The summed E-state index contributed by atoms with van der Waals surface area (Å²) < 4.78 is 0. The van der Waals surface area contributed by atoms with E-state index < -0.39 is 11.8 Å². The first-order valence-corrected chi connectivity index (χ1v) is 10.2. The predicted molar refractivity (Wildman–Crippen MR) is 114 cm³/mol. The number of carbonyl (C=O) groups is 2. The molecule has 1 fully saturated rings. The molecule has 0 radical (unpaired) electrons.